The molecular weight excluding hydrogens is 238 g/mol. The monoisotopic (exact) mass is 263 g/mol. The Morgan fingerprint density at radius 3 is 2.68 bits per heavy atom. The zero-order valence-corrected chi connectivity index (χ0v) is 12.2. The number of hydrogen-bond donors (Lipinski definition) is 2. The second-order valence-electron chi connectivity index (χ2n) is 5.78. The van der Waals surface area contributed by atoms with E-state index >= 15 is 0 Å². The summed E-state index contributed by atoms with van der Waals surface area (Å²) in [6.45, 7) is 4.86. The number of nitrogens with one attached hydrogen (secondary N) is 1. The van der Waals surface area contributed by atoms with Crippen molar-refractivity contribution in [3.63, 3.8) is 0 Å². The van der Waals surface area contributed by atoms with E-state index in [9.17, 15) is 5.11 Å². The van der Waals surface area contributed by atoms with Crippen LogP contribution in [0.3, 0.4) is 0 Å². The number of methoxy groups -OCH3 is 1. The molecule has 1 aliphatic rings. The number of aryl methyl sites for hydroxylation is 1. The van der Waals surface area contributed by atoms with Gasteiger partial charge in [0.15, 0.2) is 0 Å². The third kappa shape index (κ3) is 3.48. The van der Waals surface area contributed by atoms with Crippen LogP contribution in [0, 0.1) is 6.92 Å². The number of benzene rings is 1. The summed E-state index contributed by atoms with van der Waals surface area (Å²) in [6, 6.07) is 6.39. The molecule has 0 heterocycles. The first kappa shape index (κ1) is 14.4. The average Bonchev–Trinajstić information content (AvgIpc) is 2.83. The predicted octanol–water partition coefficient (Wildman–Crippen LogP) is 2.96. The summed E-state index contributed by atoms with van der Waals surface area (Å²) in [5, 5.41) is 13.8. The summed E-state index contributed by atoms with van der Waals surface area (Å²) in [7, 11) is 1.70. The largest absolute Gasteiger partial charge is 0.496 e. The van der Waals surface area contributed by atoms with E-state index in [-0.39, 0.29) is 6.04 Å². The second kappa shape index (κ2) is 5.93. The van der Waals surface area contributed by atoms with Gasteiger partial charge in [-0.25, -0.2) is 0 Å². The van der Waals surface area contributed by atoms with Crippen LogP contribution in [0.15, 0.2) is 18.2 Å². The van der Waals surface area contributed by atoms with Gasteiger partial charge in [-0.3, -0.25) is 0 Å². The fourth-order valence-electron chi connectivity index (χ4n) is 2.86. The maximum Gasteiger partial charge on any atom is 0.123 e. The molecule has 1 unspecified atom stereocenters. The molecule has 3 nitrogen and oxygen atoms in total. The van der Waals surface area contributed by atoms with Crippen LogP contribution in [-0.4, -0.2) is 24.4 Å². The Morgan fingerprint density at radius 1 is 1.37 bits per heavy atom. The van der Waals surface area contributed by atoms with Crippen LogP contribution in [0.2, 0.25) is 0 Å². The van der Waals surface area contributed by atoms with Crippen molar-refractivity contribution in [3.05, 3.63) is 29.3 Å². The van der Waals surface area contributed by atoms with Gasteiger partial charge in [0, 0.05) is 18.2 Å². The Morgan fingerprint density at radius 2 is 2.05 bits per heavy atom. The minimum absolute atomic E-state index is 0.180. The maximum atomic E-state index is 10.4. The minimum atomic E-state index is -0.509. The van der Waals surface area contributed by atoms with Crippen LogP contribution < -0.4 is 10.1 Å². The average molecular weight is 263 g/mol. The zero-order valence-electron chi connectivity index (χ0n) is 12.2. The van der Waals surface area contributed by atoms with Crippen molar-refractivity contribution < 1.29 is 9.84 Å². The van der Waals surface area contributed by atoms with Gasteiger partial charge >= 0.3 is 0 Å². The fourth-order valence-corrected chi connectivity index (χ4v) is 2.86. The van der Waals surface area contributed by atoms with Crippen molar-refractivity contribution in [1.29, 1.82) is 0 Å². The summed E-state index contributed by atoms with van der Waals surface area (Å²) < 4.78 is 5.42. The van der Waals surface area contributed by atoms with E-state index in [1.54, 1.807) is 7.11 Å². The van der Waals surface area contributed by atoms with Crippen molar-refractivity contribution in [2.45, 2.75) is 51.2 Å². The number of hydrogen-bond acceptors (Lipinski definition) is 3. The Kier molecular flexibility index (Phi) is 4.48. The molecule has 2 rings (SSSR count). The summed E-state index contributed by atoms with van der Waals surface area (Å²) >= 11 is 0. The van der Waals surface area contributed by atoms with Gasteiger partial charge in [0.05, 0.1) is 12.7 Å². The standard InChI is InChI=1S/C16H25NO2/c1-12-6-7-15(19-3)14(10-12)13(2)17-11-16(18)8-4-5-9-16/h6-7,10,13,17-18H,4-5,8-9,11H2,1-3H3. The third-order valence-electron chi connectivity index (χ3n) is 4.12. The zero-order chi connectivity index (χ0) is 13.9. The highest BCUT2D eigenvalue weighted by molar-refractivity contribution is 5.38. The van der Waals surface area contributed by atoms with Crippen molar-refractivity contribution >= 4 is 0 Å². The molecule has 0 aliphatic heterocycles. The summed E-state index contributed by atoms with van der Waals surface area (Å²) in [6.07, 6.45) is 4.11. The van der Waals surface area contributed by atoms with E-state index in [1.165, 1.54) is 5.56 Å². The molecule has 0 spiro atoms. The highest BCUT2D eigenvalue weighted by atomic mass is 16.5. The van der Waals surface area contributed by atoms with E-state index in [1.807, 2.05) is 6.07 Å². The fraction of sp³-hybridized carbons (Fsp3) is 0.625. The van der Waals surface area contributed by atoms with Crippen LogP contribution in [0.25, 0.3) is 0 Å². The SMILES string of the molecule is COc1ccc(C)cc1C(C)NCC1(O)CCCC1. The van der Waals surface area contributed by atoms with Gasteiger partial charge in [-0.15, -0.1) is 0 Å². The summed E-state index contributed by atoms with van der Waals surface area (Å²) in [4.78, 5) is 0. The smallest absolute Gasteiger partial charge is 0.123 e. The Labute approximate surface area is 116 Å². The molecule has 1 aliphatic carbocycles. The normalized spacial score (nSPS) is 19.4. The predicted molar refractivity (Wildman–Crippen MR) is 77.6 cm³/mol. The van der Waals surface area contributed by atoms with Crippen molar-refractivity contribution in [3.8, 4) is 5.75 Å². The molecule has 106 valence electrons. The van der Waals surface area contributed by atoms with Crippen molar-refractivity contribution in [1.82, 2.24) is 5.32 Å². The molecule has 0 radical (unpaired) electrons. The topological polar surface area (TPSA) is 41.5 Å². The number of aliphatic hydroxyl groups is 1. The second-order valence-corrected chi connectivity index (χ2v) is 5.78. The Balaban J connectivity index is 2.03. The lowest BCUT2D eigenvalue weighted by atomic mass is 10.00. The van der Waals surface area contributed by atoms with E-state index < -0.39 is 5.60 Å². The molecule has 1 aromatic carbocycles. The first-order valence-corrected chi connectivity index (χ1v) is 7.14. The van der Waals surface area contributed by atoms with Gasteiger partial charge in [0.25, 0.3) is 0 Å². The highest BCUT2D eigenvalue weighted by Crippen LogP contribution is 2.30. The summed E-state index contributed by atoms with van der Waals surface area (Å²) in [5.74, 6) is 0.906. The Hall–Kier alpha value is -1.06. The van der Waals surface area contributed by atoms with Gasteiger partial charge in [-0.1, -0.05) is 30.5 Å². The van der Waals surface area contributed by atoms with Crippen LogP contribution in [0.5, 0.6) is 5.75 Å². The van der Waals surface area contributed by atoms with Gasteiger partial charge in [0.1, 0.15) is 5.75 Å². The molecule has 1 atom stereocenters. The van der Waals surface area contributed by atoms with Crippen molar-refractivity contribution in [2.24, 2.45) is 0 Å². The van der Waals surface area contributed by atoms with Gasteiger partial charge in [-0.2, -0.15) is 0 Å². The molecule has 0 saturated heterocycles. The molecular formula is C16H25NO2. The quantitative estimate of drug-likeness (QED) is 0.858. The van der Waals surface area contributed by atoms with Crippen molar-refractivity contribution in [2.75, 3.05) is 13.7 Å². The molecule has 3 heteroatoms. The molecule has 1 saturated carbocycles. The van der Waals surface area contributed by atoms with E-state index in [0.717, 1.165) is 37.0 Å². The van der Waals surface area contributed by atoms with E-state index in [4.69, 9.17) is 4.74 Å². The molecule has 2 N–H and O–H groups in total. The van der Waals surface area contributed by atoms with Crippen LogP contribution in [0.1, 0.15) is 49.8 Å². The van der Waals surface area contributed by atoms with Gasteiger partial charge < -0.3 is 15.2 Å². The minimum Gasteiger partial charge on any atom is -0.496 e. The first-order chi connectivity index (χ1) is 9.04. The molecule has 1 fully saturated rings. The Bertz CT molecular complexity index is 425. The maximum absolute atomic E-state index is 10.4. The molecule has 0 amide bonds. The third-order valence-corrected chi connectivity index (χ3v) is 4.12. The molecule has 1 aromatic rings. The summed E-state index contributed by atoms with van der Waals surface area (Å²) in [5.41, 5.74) is 1.87. The molecule has 19 heavy (non-hydrogen) atoms. The lowest BCUT2D eigenvalue weighted by Gasteiger charge is -2.26. The van der Waals surface area contributed by atoms with Gasteiger partial charge in [-0.05, 0) is 32.8 Å². The van der Waals surface area contributed by atoms with Crippen LogP contribution in [-0.2, 0) is 0 Å². The lowest BCUT2D eigenvalue weighted by Crippen LogP contribution is -2.39. The highest BCUT2D eigenvalue weighted by Gasteiger charge is 2.31. The number of ether oxygens (including phenoxy) is 1. The van der Waals surface area contributed by atoms with E-state index in [0.29, 0.717) is 6.54 Å². The van der Waals surface area contributed by atoms with Crippen LogP contribution in [0.4, 0.5) is 0 Å². The van der Waals surface area contributed by atoms with E-state index in [2.05, 4.69) is 31.3 Å². The van der Waals surface area contributed by atoms with Gasteiger partial charge in [0.2, 0.25) is 0 Å². The molecule has 0 aromatic heterocycles. The first-order valence-electron chi connectivity index (χ1n) is 7.14. The molecule has 0 bridgehead atoms. The lowest BCUT2D eigenvalue weighted by molar-refractivity contribution is 0.0453. The van der Waals surface area contributed by atoms with Crippen LogP contribution >= 0.6 is 0 Å². The number of rotatable bonds is 5.